The Morgan fingerprint density at radius 3 is 2.45 bits per heavy atom. The molecule has 0 aliphatic carbocycles. The molecule has 1 heterocycles. The number of ketones is 1. The SMILES string of the molecule is CCCn1c(=O)sc2cc(S(=O)(=O)Nc3ccccc3C(=O)c3ccccc3)ccc21. The van der Waals surface area contributed by atoms with E-state index in [-0.39, 0.29) is 26.8 Å². The van der Waals surface area contributed by atoms with Gasteiger partial charge in [0.25, 0.3) is 10.0 Å². The fourth-order valence-electron chi connectivity index (χ4n) is 3.37. The maximum Gasteiger partial charge on any atom is 0.308 e. The molecule has 1 N–H and O–H groups in total. The van der Waals surface area contributed by atoms with E-state index < -0.39 is 10.0 Å². The highest BCUT2D eigenvalue weighted by Gasteiger charge is 2.20. The first-order valence-corrected chi connectivity index (χ1v) is 12.1. The van der Waals surface area contributed by atoms with E-state index >= 15 is 0 Å². The van der Waals surface area contributed by atoms with Gasteiger partial charge in [0.15, 0.2) is 5.78 Å². The summed E-state index contributed by atoms with van der Waals surface area (Å²) in [5, 5.41) is 0. The topological polar surface area (TPSA) is 85.2 Å². The standard InChI is InChI=1S/C23H20N2O4S2/c1-2-14-25-20-13-12-17(15-21(20)30-23(25)27)31(28,29)24-19-11-7-6-10-18(19)22(26)16-8-4-3-5-9-16/h3-13,15,24H,2,14H2,1H3. The van der Waals surface area contributed by atoms with E-state index in [0.717, 1.165) is 23.3 Å². The van der Waals surface area contributed by atoms with E-state index in [1.54, 1.807) is 59.2 Å². The van der Waals surface area contributed by atoms with Gasteiger partial charge in [-0.3, -0.25) is 18.9 Å². The van der Waals surface area contributed by atoms with Crippen LogP contribution in [-0.4, -0.2) is 18.8 Å². The maximum absolute atomic E-state index is 13.1. The predicted molar refractivity (Wildman–Crippen MR) is 124 cm³/mol. The molecule has 4 aromatic rings. The number of anilines is 1. The first kappa shape index (κ1) is 21.0. The summed E-state index contributed by atoms with van der Waals surface area (Å²) in [6.45, 7) is 2.56. The monoisotopic (exact) mass is 452 g/mol. The number of nitrogens with one attached hydrogen (secondary N) is 1. The number of sulfonamides is 1. The van der Waals surface area contributed by atoms with Crippen LogP contribution in [0, 0.1) is 0 Å². The fraction of sp³-hybridized carbons (Fsp3) is 0.130. The van der Waals surface area contributed by atoms with Crippen LogP contribution in [0.2, 0.25) is 0 Å². The van der Waals surface area contributed by atoms with Gasteiger partial charge in [0.1, 0.15) is 0 Å². The Morgan fingerprint density at radius 2 is 1.71 bits per heavy atom. The summed E-state index contributed by atoms with van der Waals surface area (Å²) in [5.74, 6) is -0.274. The van der Waals surface area contributed by atoms with E-state index in [9.17, 15) is 18.0 Å². The molecule has 0 aliphatic rings. The molecule has 6 nitrogen and oxygen atoms in total. The molecule has 0 atom stereocenters. The number of aromatic nitrogens is 1. The van der Waals surface area contributed by atoms with Crippen molar-refractivity contribution in [1.82, 2.24) is 4.57 Å². The Bertz CT molecular complexity index is 1420. The highest BCUT2D eigenvalue weighted by Crippen LogP contribution is 2.26. The first-order chi connectivity index (χ1) is 14.9. The van der Waals surface area contributed by atoms with Crippen LogP contribution in [0.4, 0.5) is 5.69 Å². The molecule has 0 saturated carbocycles. The summed E-state index contributed by atoms with van der Waals surface area (Å²) in [6.07, 6.45) is 0.805. The zero-order valence-corrected chi connectivity index (χ0v) is 18.4. The van der Waals surface area contributed by atoms with Gasteiger partial charge in [-0.15, -0.1) is 0 Å². The Morgan fingerprint density at radius 1 is 1.00 bits per heavy atom. The summed E-state index contributed by atoms with van der Waals surface area (Å²) in [7, 11) is -3.97. The lowest BCUT2D eigenvalue weighted by Gasteiger charge is -2.12. The lowest BCUT2D eigenvalue weighted by atomic mass is 10.0. The second kappa shape index (κ2) is 8.49. The van der Waals surface area contributed by atoms with Gasteiger partial charge in [0, 0.05) is 17.7 Å². The van der Waals surface area contributed by atoms with Crippen LogP contribution in [0.3, 0.4) is 0 Å². The van der Waals surface area contributed by atoms with Crippen LogP contribution in [0.1, 0.15) is 29.3 Å². The third-order valence-electron chi connectivity index (χ3n) is 4.85. The van der Waals surface area contributed by atoms with Gasteiger partial charge in [-0.2, -0.15) is 0 Å². The normalized spacial score (nSPS) is 11.5. The van der Waals surface area contributed by atoms with Crippen LogP contribution in [0.25, 0.3) is 10.2 Å². The molecular formula is C23H20N2O4S2. The number of thiazole rings is 1. The zero-order valence-electron chi connectivity index (χ0n) is 16.7. The van der Waals surface area contributed by atoms with Crippen molar-refractivity contribution in [2.45, 2.75) is 24.8 Å². The quantitative estimate of drug-likeness (QED) is 0.418. The third kappa shape index (κ3) is 4.17. The first-order valence-electron chi connectivity index (χ1n) is 9.75. The van der Waals surface area contributed by atoms with Gasteiger partial charge < -0.3 is 0 Å². The van der Waals surface area contributed by atoms with Crippen molar-refractivity contribution in [1.29, 1.82) is 0 Å². The molecule has 3 aromatic carbocycles. The molecule has 0 fully saturated rings. The third-order valence-corrected chi connectivity index (χ3v) is 7.15. The summed E-state index contributed by atoms with van der Waals surface area (Å²) in [5.41, 5.74) is 1.65. The van der Waals surface area contributed by atoms with Crippen molar-refractivity contribution in [3.63, 3.8) is 0 Å². The molecule has 0 saturated heterocycles. The number of benzene rings is 3. The number of aryl methyl sites for hydroxylation is 1. The summed E-state index contributed by atoms with van der Waals surface area (Å²) in [6, 6.07) is 19.8. The van der Waals surface area contributed by atoms with Crippen LogP contribution >= 0.6 is 11.3 Å². The second-order valence-electron chi connectivity index (χ2n) is 7.00. The van der Waals surface area contributed by atoms with Crippen molar-refractivity contribution in [2.24, 2.45) is 0 Å². The van der Waals surface area contributed by atoms with Gasteiger partial charge in [-0.25, -0.2) is 8.42 Å². The minimum Gasteiger partial charge on any atom is -0.299 e. The maximum atomic E-state index is 13.1. The largest absolute Gasteiger partial charge is 0.308 e. The summed E-state index contributed by atoms with van der Waals surface area (Å²) >= 11 is 1.02. The Kier molecular flexibility index (Phi) is 5.75. The molecule has 31 heavy (non-hydrogen) atoms. The smallest absolute Gasteiger partial charge is 0.299 e. The summed E-state index contributed by atoms with van der Waals surface area (Å²) < 4.78 is 30.9. The minimum absolute atomic E-state index is 0.0341. The average molecular weight is 453 g/mol. The van der Waals surface area contributed by atoms with E-state index in [1.165, 1.54) is 12.1 Å². The Balaban J connectivity index is 1.70. The minimum atomic E-state index is -3.97. The molecule has 4 rings (SSSR count). The number of carbonyl (C=O) groups excluding carboxylic acids is 1. The molecule has 158 valence electrons. The van der Waals surface area contributed by atoms with Crippen LogP contribution in [-0.2, 0) is 16.6 Å². The average Bonchev–Trinajstić information content (AvgIpc) is 3.09. The van der Waals surface area contributed by atoms with E-state index in [0.29, 0.717) is 16.8 Å². The predicted octanol–water partition coefficient (Wildman–Crippen LogP) is 4.50. The van der Waals surface area contributed by atoms with Gasteiger partial charge >= 0.3 is 4.87 Å². The van der Waals surface area contributed by atoms with Crippen molar-refractivity contribution >= 4 is 43.0 Å². The lowest BCUT2D eigenvalue weighted by Crippen LogP contribution is -2.16. The highest BCUT2D eigenvalue weighted by atomic mass is 32.2. The van der Waals surface area contributed by atoms with E-state index in [4.69, 9.17) is 0 Å². The van der Waals surface area contributed by atoms with Gasteiger partial charge in [0.05, 0.1) is 20.8 Å². The molecular weight excluding hydrogens is 432 g/mol. The summed E-state index contributed by atoms with van der Waals surface area (Å²) in [4.78, 5) is 25.0. The highest BCUT2D eigenvalue weighted by molar-refractivity contribution is 7.92. The van der Waals surface area contributed by atoms with Gasteiger partial charge in [0.2, 0.25) is 0 Å². The number of rotatable bonds is 7. The number of nitrogens with zero attached hydrogens (tertiary/aromatic N) is 1. The number of hydrogen-bond acceptors (Lipinski definition) is 5. The van der Waals surface area contributed by atoms with Gasteiger partial charge in [-0.05, 0) is 36.8 Å². The second-order valence-corrected chi connectivity index (χ2v) is 9.67. The lowest BCUT2D eigenvalue weighted by molar-refractivity contribution is 0.103. The molecule has 0 bridgehead atoms. The van der Waals surface area contributed by atoms with Crippen molar-refractivity contribution in [3.05, 3.63) is 93.6 Å². The molecule has 0 radical (unpaired) electrons. The molecule has 0 spiro atoms. The van der Waals surface area contributed by atoms with Crippen LogP contribution < -0.4 is 9.60 Å². The van der Waals surface area contributed by atoms with E-state index in [2.05, 4.69) is 4.72 Å². The van der Waals surface area contributed by atoms with E-state index in [1.807, 2.05) is 13.0 Å². The van der Waals surface area contributed by atoms with Crippen LogP contribution in [0.15, 0.2) is 82.5 Å². The zero-order chi connectivity index (χ0) is 22.0. The molecule has 0 amide bonds. The van der Waals surface area contributed by atoms with Crippen molar-refractivity contribution in [3.8, 4) is 0 Å². The van der Waals surface area contributed by atoms with Crippen LogP contribution in [0.5, 0.6) is 0 Å². The Hall–Kier alpha value is -3.23. The fourth-order valence-corrected chi connectivity index (χ4v) is 5.50. The molecule has 0 unspecified atom stereocenters. The molecule has 1 aromatic heterocycles. The number of hydrogen-bond donors (Lipinski definition) is 1. The number of carbonyl (C=O) groups is 1. The number of fused-ring (bicyclic) bond motifs is 1. The molecule has 0 aliphatic heterocycles. The van der Waals surface area contributed by atoms with Crippen molar-refractivity contribution in [2.75, 3.05) is 4.72 Å². The Labute approximate surface area is 183 Å². The number of para-hydroxylation sites is 1. The van der Waals surface area contributed by atoms with Crippen molar-refractivity contribution < 1.29 is 13.2 Å². The molecule has 8 heteroatoms. The van der Waals surface area contributed by atoms with Gasteiger partial charge in [-0.1, -0.05) is 60.7 Å².